The Morgan fingerprint density at radius 1 is 1.36 bits per heavy atom. The van der Waals surface area contributed by atoms with Gasteiger partial charge >= 0.3 is 0 Å². The van der Waals surface area contributed by atoms with Gasteiger partial charge in [-0.1, -0.05) is 6.07 Å². The summed E-state index contributed by atoms with van der Waals surface area (Å²) < 4.78 is 12.9. The number of anilines is 1. The van der Waals surface area contributed by atoms with Crippen molar-refractivity contribution in [3.63, 3.8) is 0 Å². The second kappa shape index (κ2) is 4.42. The van der Waals surface area contributed by atoms with E-state index in [1.54, 1.807) is 13.0 Å². The van der Waals surface area contributed by atoms with E-state index < -0.39 is 6.10 Å². The number of aliphatic hydroxyl groups is 1. The molecule has 0 aliphatic carbocycles. The quantitative estimate of drug-likeness (QED) is 0.801. The van der Waals surface area contributed by atoms with Gasteiger partial charge in [0.2, 0.25) is 0 Å². The van der Waals surface area contributed by atoms with Crippen LogP contribution in [0.4, 0.5) is 10.1 Å². The summed E-state index contributed by atoms with van der Waals surface area (Å²) >= 11 is 0. The lowest BCUT2D eigenvalue weighted by molar-refractivity contribution is 0.168. The summed E-state index contributed by atoms with van der Waals surface area (Å²) in [7, 11) is 1.84. The van der Waals surface area contributed by atoms with E-state index in [9.17, 15) is 9.50 Å². The van der Waals surface area contributed by atoms with Crippen LogP contribution in [0.25, 0.3) is 0 Å². The monoisotopic (exact) mass is 197 g/mol. The Morgan fingerprint density at radius 3 is 2.50 bits per heavy atom. The molecule has 0 radical (unpaired) electrons. The van der Waals surface area contributed by atoms with Crippen molar-refractivity contribution in [2.45, 2.75) is 26.0 Å². The van der Waals surface area contributed by atoms with Crippen LogP contribution in [-0.4, -0.2) is 24.3 Å². The van der Waals surface area contributed by atoms with Crippen molar-refractivity contribution in [2.24, 2.45) is 0 Å². The van der Waals surface area contributed by atoms with Gasteiger partial charge < -0.3 is 10.0 Å². The SMILES string of the molecule is CC(O)C(C)N(C)c1cccc(F)c1. The molecule has 3 heteroatoms. The molecule has 0 fully saturated rings. The van der Waals surface area contributed by atoms with Gasteiger partial charge in [-0.3, -0.25) is 0 Å². The van der Waals surface area contributed by atoms with Crippen LogP contribution in [0.1, 0.15) is 13.8 Å². The van der Waals surface area contributed by atoms with E-state index in [4.69, 9.17) is 0 Å². The van der Waals surface area contributed by atoms with Crippen molar-refractivity contribution in [3.8, 4) is 0 Å². The first kappa shape index (κ1) is 11.0. The molecule has 0 saturated heterocycles. The van der Waals surface area contributed by atoms with E-state index in [1.165, 1.54) is 12.1 Å². The highest BCUT2D eigenvalue weighted by Gasteiger charge is 2.14. The molecule has 1 aromatic rings. The van der Waals surface area contributed by atoms with Crippen LogP contribution >= 0.6 is 0 Å². The first-order valence-corrected chi connectivity index (χ1v) is 4.69. The minimum Gasteiger partial charge on any atom is -0.391 e. The molecule has 0 spiro atoms. The van der Waals surface area contributed by atoms with Crippen LogP contribution in [0.15, 0.2) is 24.3 Å². The Bertz CT molecular complexity index is 301. The number of aliphatic hydroxyl groups excluding tert-OH is 1. The molecular formula is C11H16FNO. The van der Waals surface area contributed by atoms with E-state index >= 15 is 0 Å². The minimum absolute atomic E-state index is 0.0307. The number of halogens is 1. The van der Waals surface area contributed by atoms with Gasteiger partial charge in [0.15, 0.2) is 0 Å². The minimum atomic E-state index is -0.441. The van der Waals surface area contributed by atoms with Crippen molar-refractivity contribution in [1.82, 2.24) is 0 Å². The smallest absolute Gasteiger partial charge is 0.125 e. The normalized spacial score (nSPS) is 14.9. The van der Waals surface area contributed by atoms with Crippen molar-refractivity contribution in [2.75, 3.05) is 11.9 Å². The number of hydrogen-bond donors (Lipinski definition) is 1. The Hall–Kier alpha value is -1.09. The summed E-state index contributed by atoms with van der Waals surface area (Å²) in [4.78, 5) is 1.85. The molecule has 1 rings (SSSR count). The predicted molar refractivity (Wildman–Crippen MR) is 55.9 cm³/mol. The van der Waals surface area contributed by atoms with E-state index in [0.717, 1.165) is 5.69 Å². The van der Waals surface area contributed by atoms with Crippen molar-refractivity contribution >= 4 is 5.69 Å². The van der Waals surface area contributed by atoms with Gasteiger partial charge in [-0.15, -0.1) is 0 Å². The highest BCUT2D eigenvalue weighted by Crippen LogP contribution is 2.17. The Labute approximate surface area is 84.0 Å². The Balaban J connectivity index is 2.83. The van der Waals surface area contributed by atoms with Crippen molar-refractivity contribution in [1.29, 1.82) is 0 Å². The van der Waals surface area contributed by atoms with Crippen molar-refractivity contribution in [3.05, 3.63) is 30.1 Å². The molecule has 0 saturated carbocycles. The topological polar surface area (TPSA) is 23.5 Å². The lowest BCUT2D eigenvalue weighted by Crippen LogP contribution is -2.37. The number of benzene rings is 1. The maximum atomic E-state index is 12.9. The maximum Gasteiger partial charge on any atom is 0.125 e. The van der Waals surface area contributed by atoms with Crippen LogP contribution in [0.2, 0.25) is 0 Å². The maximum absolute atomic E-state index is 12.9. The van der Waals surface area contributed by atoms with E-state index in [1.807, 2.05) is 24.9 Å². The molecule has 0 aliphatic rings. The summed E-state index contributed by atoms with van der Waals surface area (Å²) in [5.41, 5.74) is 0.776. The molecule has 2 unspecified atom stereocenters. The number of likely N-dealkylation sites (N-methyl/N-ethyl adjacent to an activating group) is 1. The summed E-state index contributed by atoms with van der Waals surface area (Å²) in [6.45, 7) is 3.62. The van der Waals surface area contributed by atoms with Gasteiger partial charge in [0.05, 0.1) is 12.1 Å². The molecule has 0 heterocycles. The van der Waals surface area contributed by atoms with E-state index in [2.05, 4.69) is 0 Å². The van der Waals surface area contributed by atoms with E-state index in [0.29, 0.717) is 0 Å². The average molecular weight is 197 g/mol. The number of rotatable bonds is 3. The highest BCUT2D eigenvalue weighted by atomic mass is 19.1. The number of nitrogens with zero attached hydrogens (tertiary/aromatic N) is 1. The zero-order valence-electron chi connectivity index (χ0n) is 8.74. The van der Waals surface area contributed by atoms with E-state index in [-0.39, 0.29) is 11.9 Å². The molecule has 0 aliphatic heterocycles. The molecular weight excluding hydrogens is 181 g/mol. The standard InChI is InChI=1S/C11H16FNO/c1-8(9(2)14)13(3)11-6-4-5-10(12)7-11/h4-9,14H,1-3H3. The number of hydrogen-bond acceptors (Lipinski definition) is 2. The van der Waals surface area contributed by atoms with Gasteiger partial charge in [0.1, 0.15) is 5.82 Å². The second-order valence-corrected chi connectivity index (χ2v) is 3.57. The Morgan fingerprint density at radius 2 is 2.00 bits per heavy atom. The molecule has 0 amide bonds. The summed E-state index contributed by atoms with van der Waals surface area (Å²) in [5.74, 6) is -0.257. The molecule has 78 valence electrons. The second-order valence-electron chi connectivity index (χ2n) is 3.57. The third-order valence-corrected chi connectivity index (χ3v) is 2.52. The Kier molecular flexibility index (Phi) is 3.47. The fourth-order valence-corrected chi connectivity index (χ4v) is 1.25. The summed E-state index contributed by atoms with van der Waals surface area (Å²) in [6, 6.07) is 6.32. The lowest BCUT2D eigenvalue weighted by atomic mass is 10.1. The molecule has 1 aromatic carbocycles. The largest absolute Gasteiger partial charge is 0.391 e. The van der Waals surface area contributed by atoms with Crippen LogP contribution in [0.3, 0.4) is 0 Å². The third-order valence-electron chi connectivity index (χ3n) is 2.52. The van der Waals surface area contributed by atoms with Crippen LogP contribution in [-0.2, 0) is 0 Å². The fraction of sp³-hybridized carbons (Fsp3) is 0.455. The molecule has 0 aromatic heterocycles. The van der Waals surface area contributed by atoms with Crippen molar-refractivity contribution < 1.29 is 9.50 Å². The summed E-state index contributed by atoms with van der Waals surface area (Å²) in [6.07, 6.45) is -0.441. The lowest BCUT2D eigenvalue weighted by Gasteiger charge is -2.29. The third kappa shape index (κ3) is 2.45. The zero-order valence-corrected chi connectivity index (χ0v) is 8.74. The highest BCUT2D eigenvalue weighted by molar-refractivity contribution is 5.46. The predicted octanol–water partition coefficient (Wildman–Crippen LogP) is 2.03. The van der Waals surface area contributed by atoms with Crippen LogP contribution in [0, 0.1) is 5.82 Å². The van der Waals surface area contributed by atoms with Gasteiger partial charge in [0, 0.05) is 12.7 Å². The molecule has 2 atom stereocenters. The van der Waals surface area contributed by atoms with Crippen LogP contribution in [0.5, 0.6) is 0 Å². The molecule has 2 nitrogen and oxygen atoms in total. The van der Waals surface area contributed by atoms with Gasteiger partial charge in [-0.05, 0) is 32.0 Å². The molecule has 0 bridgehead atoms. The van der Waals surface area contributed by atoms with Gasteiger partial charge in [-0.25, -0.2) is 4.39 Å². The van der Waals surface area contributed by atoms with Crippen LogP contribution < -0.4 is 4.90 Å². The van der Waals surface area contributed by atoms with Gasteiger partial charge in [0.25, 0.3) is 0 Å². The molecule has 14 heavy (non-hydrogen) atoms. The first-order valence-electron chi connectivity index (χ1n) is 4.69. The molecule has 1 N–H and O–H groups in total. The van der Waals surface area contributed by atoms with Gasteiger partial charge in [-0.2, -0.15) is 0 Å². The zero-order chi connectivity index (χ0) is 10.7. The fourth-order valence-electron chi connectivity index (χ4n) is 1.25. The average Bonchev–Trinajstić information content (AvgIpc) is 2.15. The summed E-state index contributed by atoms with van der Waals surface area (Å²) in [5, 5.41) is 9.39. The first-order chi connectivity index (χ1) is 6.52.